The predicted octanol–water partition coefficient (Wildman–Crippen LogP) is 4.31. The van der Waals surface area contributed by atoms with Crippen LogP contribution >= 0.6 is 7.92 Å². The third kappa shape index (κ3) is 4.34. The fourth-order valence-corrected chi connectivity index (χ4v) is 3.84. The molecule has 0 saturated heterocycles. The number of hydrogen-bond donors (Lipinski definition) is 0. The summed E-state index contributed by atoms with van der Waals surface area (Å²) in [5.41, 5.74) is 1.47. The Morgan fingerprint density at radius 1 is 1.07 bits per heavy atom. The number of rotatable bonds is 6. The maximum Gasteiger partial charge on any atom is -0.0214 e. The first-order chi connectivity index (χ1) is 7.25. The highest BCUT2D eigenvalue weighted by Crippen LogP contribution is 2.32. The van der Waals surface area contributed by atoms with E-state index in [-0.39, 0.29) is 7.92 Å². The van der Waals surface area contributed by atoms with Gasteiger partial charge in [-0.2, -0.15) is 0 Å². The molecule has 0 spiro atoms. The lowest BCUT2D eigenvalue weighted by atomic mass is 10.2. The molecule has 1 aromatic rings. The van der Waals surface area contributed by atoms with E-state index in [4.69, 9.17) is 0 Å². The predicted molar refractivity (Wildman–Crippen MR) is 72.7 cm³/mol. The topological polar surface area (TPSA) is 0 Å². The van der Waals surface area contributed by atoms with E-state index in [2.05, 4.69) is 44.8 Å². The van der Waals surface area contributed by atoms with Gasteiger partial charge >= 0.3 is 0 Å². The monoisotopic (exact) mass is 222 g/mol. The second kappa shape index (κ2) is 7.01. The Bertz CT molecular complexity index is 280. The average Bonchev–Trinajstić information content (AvgIpc) is 2.25. The van der Waals surface area contributed by atoms with Crippen molar-refractivity contribution in [3.05, 3.63) is 29.8 Å². The fourth-order valence-electron chi connectivity index (χ4n) is 1.89. The first-order valence-electron chi connectivity index (χ1n) is 6.02. The van der Waals surface area contributed by atoms with Crippen LogP contribution in [0.25, 0.3) is 0 Å². The molecule has 1 heteroatoms. The SMILES string of the molecule is CCCCCCP(C)c1ccccc1C. The molecule has 0 aromatic heterocycles. The van der Waals surface area contributed by atoms with Gasteiger partial charge < -0.3 is 0 Å². The molecule has 0 nitrogen and oxygen atoms in total. The number of hydrogen-bond acceptors (Lipinski definition) is 0. The Kier molecular flexibility index (Phi) is 5.95. The van der Waals surface area contributed by atoms with Crippen LogP contribution in [0.3, 0.4) is 0 Å². The molecule has 0 aliphatic heterocycles. The van der Waals surface area contributed by atoms with Crippen LogP contribution in [0.15, 0.2) is 24.3 Å². The zero-order valence-corrected chi connectivity index (χ0v) is 11.2. The molecule has 1 aromatic carbocycles. The molecular weight excluding hydrogens is 199 g/mol. The molecule has 0 aliphatic rings. The molecule has 0 fully saturated rings. The summed E-state index contributed by atoms with van der Waals surface area (Å²) in [6.07, 6.45) is 6.96. The minimum Gasteiger partial charge on any atom is -0.0782 e. The maximum atomic E-state index is 2.42. The average molecular weight is 222 g/mol. The Hall–Kier alpha value is -0.350. The Balaban J connectivity index is 2.40. The molecule has 0 radical (unpaired) electrons. The highest BCUT2D eigenvalue weighted by Gasteiger charge is 2.06. The molecule has 84 valence electrons. The second-order valence-electron chi connectivity index (χ2n) is 4.27. The first kappa shape index (κ1) is 12.7. The van der Waals surface area contributed by atoms with Crippen LogP contribution in [0.4, 0.5) is 0 Å². The molecular formula is C14H23P. The van der Waals surface area contributed by atoms with E-state index in [0.29, 0.717) is 0 Å². The van der Waals surface area contributed by atoms with Crippen LogP contribution in [0, 0.1) is 6.92 Å². The summed E-state index contributed by atoms with van der Waals surface area (Å²) in [4.78, 5) is 0. The van der Waals surface area contributed by atoms with Crippen LogP contribution in [0.1, 0.15) is 38.2 Å². The minimum absolute atomic E-state index is 0.0869. The minimum atomic E-state index is 0.0869. The lowest BCUT2D eigenvalue weighted by Crippen LogP contribution is -2.06. The van der Waals surface area contributed by atoms with Crippen molar-refractivity contribution in [1.29, 1.82) is 0 Å². The van der Waals surface area contributed by atoms with Crippen LogP contribution in [0.5, 0.6) is 0 Å². The fraction of sp³-hybridized carbons (Fsp3) is 0.571. The number of aryl methyl sites for hydroxylation is 1. The lowest BCUT2D eigenvalue weighted by Gasteiger charge is -2.14. The van der Waals surface area contributed by atoms with Crippen molar-refractivity contribution in [3.8, 4) is 0 Å². The molecule has 1 unspecified atom stereocenters. The summed E-state index contributed by atoms with van der Waals surface area (Å²) in [6, 6.07) is 8.85. The van der Waals surface area contributed by atoms with E-state index in [0.717, 1.165) is 0 Å². The van der Waals surface area contributed by atoms with Crippen LogP contribution in [-0.4, -0.2) is 12.8 Å². The van der Waals surface area contributed by atoms with E-state index in [1.54, 1.807) is 5.30 Å². The standard InChI is InChI=1S/C14H23P/c1-4-5-6-9-12-15(3)14-11-8-7-10-13(14)2/h7-8,10-11H,4-6,9,12H2,1-3H3. The summed E-state index contributed by atoms with van der Waals surface area (Å²) in [6.45, 7) is 6.93. The van der Waals surface area contributed by atoms with Gasteiger partial charge in [0.25, 0.3) is 0 Å². The second-order valence-corrected chi connectivity index (χ2v) is 6.59. The summed E-state index contributed by atoms with van der Waals surface area (Å²) >= 11 is 0. The number of benzene rings is 1. The van der Waals surface area contributed by atoms with E-state index < -0.39 is 0 Å². The third-order valence-electron chi connectivity index (χ3n) is 2.87. The molecule has 0 bridgehead atoms. The molecule has 0 aliphatic carbocycles. The molecule has 0 saturated carbocycles. The van der Waals surface area contributed by atoms with Crippen molar-refractivity contribution in [3.63, 3.8) is 0 Å². The van der Waals surface area contributed by atoms with E-state index in [1.807, 2.05) is 0 Å². The smallest absolute Gasteiger partial charge is 0.0214 e. The summed E-state index contributed by atoms with van der Waals surface area (Å²) < 4.78 is 0. The van der Waals surface area contributed by atoms with Gasteiger partial charge in [-0.1, -0.05) is 58.4 Å². The molecule has 0 amide bonds. The van der Waals surface area contributed by atoms with Gasteiger partial charge in [-0.3, -0.25) is 0 Å². The Morgan fingerprint density at radius 2 is 1.80 bits per heavy atom. The lowest BCUT2D eigenvalue weighted by molar-refractivity contribution is 0.705. The van der Waals surface area contributed by atoms with Gasteiger partial charge in [-0.25, -0.2) is 0 Å². The molecule has 1 atom stereocenters. The maximum absolute atomic E-state index is 2.42. The Morgan fingerprint density at radius 3 is 2.47 bits per heavy atom. The van der Waals surface area contributed by atoms with Crippen molar-refractivity contribution in [2.75, 3.05) is 12.8 Å². The summed E-state index contributed by atoms with van der Waals surface area (Å²) in [5.74, 6) is 0. The van der Waals surface area contributed by atoms with Crippen LogP contribution in [0.2, 0.25) is 0 Å². The number of unbranched alkanes of at least 4 members (excludes halogenated alkanes) is 3. The summed E-state index contributed by atoms with van der Waals surface area (Å²) in [7, 11) is 0.0869. The van der Waals surface area contributed by atoms with Crippen molar-refractivity contribution in [2.24, 2.45) is 0 Å². The quantitative estimate of drug-likeness (QED) is 0.497. The third-order valence-corrected chi connectivity index (χ3v) is 5.19. The molecule has 0 N–H and O–H groups in total. The highest BCUT2D eigenvalue weighted by molar-refractivity contribution is 7.64. The molecule has 1 rings (SSSR count). The van der Waals surface area contributed by atoms with Crippen molar-refractivity contribution in [1.82, 2.24) is 0 Å². The normalized spacial score (nSPS) is 12.7. The van der Waals surface area contributed by atoms with Gasteiger partial charge in [-0.15, -0.1) is 0 Å². The zero-order chi connectivity index (χ0) is 11.1. The van der Waals surface area contributed by atoms with Gasteiger partial charge in [0.1, 0.15) is 0 Å². The van der Waals surface area contributed by atoms with Gasteiger partial charge in [0.05, 0.1) is 0 Å². The molecule has 15 heavy (non-hydrogen) atoms. The highest BCUT2D eigenvalue weighted by atomic mass is 31.1. The zero-order valence-electron chi connectivity index (χ0n) is 10.3. The van der Waals surface area contributed by atoms with E-state index in [9.17, 15) is 0 Å². The van der Waals surface area contributed by atoms with Gasteiger partial charge in [0.2, 0.25) is 0 Å². The van der Waals surface area contributed by atoms with E-state index in [1.165, 1.54) is 37.4 Å². The van der Waals surface area contributed by atoms with Gasteiger partial charge in [0.15, 0.2) is 0 Å². The van der Waals surface area contributed by atoms with E-state index >= 15 is 0 Å². The van der Waals surface area contributed by atoms with Crippen molar-refractivity contribution >= 4 is 13.2 Å². The summed E-state index contributed by atoms with van der Waals surface area (Å²) in [5, 5.41) is 1.60. The van der Waals surface area contributed by atoms with Gasteiger partial charge in [0, 0.05) is 0 Å². The first-order valence-corrected chi connectivity index (χ1v) is 8.00. The van der Waals surface area contributed by atoms with Crippen LogP contribution < -0.4 is 5.30 Å². The van der Waals surface area contributed by atoms with Crippen molar-refractivity contribution in [2.45, 2.75) is 39.5 Å². The van der Waals surface area contributed by atoms with Crippen molar-refractivity contribution < 1.29 is 0 Å². The van der Waals surface area contributed by atoms with Crippen LogP contribution in [-0.2, 0) is 0 Å². The largest absolute Gasteiger partial charge is 0.0782 e. The van der Waals surface area contributed by atoms with Gasteiger partial charge in [-0.05, 0) is 37.0 Å². The Labute approximate surface area is 95.9 Å². The molecule has 0 heterocycles.